The van der Waals surface area contributed by atoms with Crippen molar-refractivity contribution in [3.05, 3.63) is 60.3 Å². The molecule has 0 spiro atoms. The number of hydrogen-bond donors (Lipinski definition) is 1. The number of fused-ring (bicyclic) bond motifs is 2. The third-order valence-electron chi connectivity index (χ3n) is 4.01. The third-order valence-corrected chi connectivity index (χ3v) is 5.26. The maximum Gasteiger partial charge on any atom is 0.0481 e. The van der Waals surface area contributed by atoms with E-state index in [1.165, 1.54) is 27.1 Å². The molecule has 0 amide bonds. The first-order valence-corrected chi connectivity index (χ1v) is 7.86. The molecule has 0 fully saturated rings. The van der Waals surface area contributed by atoms with Gasteiger partial charge in [0, 0.05) is 45.9 Å². The SMILES string of the molecule is Nc1ccc2c(ccn2CC2CSc3ccccc32)c1. The van der Waals surface area contributed by atoms with Crippen LogP contribution in [0.25, 0.3) is 10.9 Å². The highest BCUT2D eigenvalue weighted by Gasteiger charge is 2.23. The number of benzene rings is 2. The molecule has 0 radical (unpaired) electrons. The van der Waals surface area contributed by atoms with Crippen LogP contribution in [0.15, 0.2) is 59.6 Å². The van der Waals surface area contributed by atoms with Gasteiger partial charge < -0.3 is 10.3 Å². The topological polar surface area (TPSA) is 30.9 Å². The van der Waals surface area contributed by atoms with E-state index in [4.69, 9.17) is 5.73 Å². The van der Waals surface area contributed by atoms with Gasteiger partial charge in [-0.1, -0.05) is 18.2 Å². The molecule has 0 bridgehead atoms. The minimum Gasteiger partial charge on any atom is -0.399 e. The van der Waals surface area contributed by atoms with Crippen molar-refractivity contribution in [3.8, 4) is 0 Å². The number of nitrogens with zero attached hydrogens (tertiary/aromatic N) is 1. The fourth-order valence-corrected chi connectivity index (χ4v) is 4.24. The molecular weight excluding hydrogens is 264 g/mol. The van der Waals surface area contributed by atoms with Crippen LogP contribution in [0.5, 0.6) is 0 Å². The number of rotatable bonds is 2. The largest absolute Gasteiger partial charge is 0.399 e. The number of thioether (sulfide) groups is 1. The average molecular weight is 280 g/mol. The molecule has 0 saturated heterocycles. The minimum atomic E-state index is 0.601. The van der Waals surface area contributed by atoms with Crippen molar-refractivity contribution in [3.63, 3.8) is 0 Å². The molecule has 4 rings (SSSR count). The third kappa shape index (κ3) is 1.90. The second-order valence-corrected chi connectivity index (χ2v) is 6.39. The summed E-state index contributed by atoms with van der Waals surface area (Å²) in [5, 5.41) is 1.23. The van der Waals surface area contributed by atoms with Crippen LogP contribution in [0.3, 0.4) is 0 Å². The molecule has 1 unspecified atom stereocenters. The van der Waals surface area contributed by atoms with Crippen LogP contribution in [0.2, 0.25) is 0 Å². The van der Waals surface area contributed by atoms with Crippen LogP contribution >= 0.6 is 11.8 Å². The van der Waals surface area contributed by atoms with Crippen molar-refractivity contribution in [2.24, 2.45) is 0 Å². The van der Waals surface area contributed by atoms with Gasteiger partial charge in [0.25, 0.3) is 0 Å². The zero-order valence-corrected chi connectivity index (χ0v) is 11.9. The van der Waals surface area contributed by atoms with E-state index in [-0.39, 0.29) is 0 Å². The molecule has 2 nitrogen and oxygen atoms in total. The van der Waals surface area contributed by atoms with Crippen molar-refractivity contribution in [2.45, 2.75) is 17.4 Å². The predicted octanol–water partition coefficient (Wildman–Crippen LogP) is 4.11. The van der Waals surface area contributed by atoms with Crippen LogP contribution in [0.4, 0.5) is 5.69 Å². The molecule has 1 aromatic heterocycles. The summed E-state index contributed by atoms with van der Waals surface area (Å²) in [7, 11) is 0. The van der Waals surface area contributed by atoms with Crippen LogP contribution in [-0.2, 0) is 6.54 Å². The number of anilines is 1. The van der Waals surface area contributed by atoms with Crippen LogP contribution < -0.4 is 5.73 Å². The zero-order valence-electron chi connectivity index (χ0n) is 11.1. The van der Waals surface area contributed by atoms with Gasteiger partial charge in [-0.3, -0.25) is 0 Å². The van der Waals surface area contributed by atoms with Gasteiger partial charge in [0.1, 0.15) is 0 Å². The summed E-state index contributed by atoms with van der Waals surface area (Å²) in [5.74, 6) is 1.78. The highest BCUT2D eigenvalue weighted by atomic mass is 32.2. The van der Waals surface area contributed by atoms with Gasteiger partial charge in [0.05, 0.1) is 0 Å². The Morgan fingerprint density at radius 1 is 1.15 bits per heavy atom. The van der Waals surface area contributed by atoms with Gasteiger partial charge in [-0.2, -0.15) is 0 Å². The minimum absolute atomic E-state index is 0.601. The molecule has 3 aromatic rings. The van der Waals surface area contributed by atoms with Crippen LogP contribution in [0.1, 0.15) is 11.5 Å². The fraction of sp³-hybridized carbons (Fsp3) is 0.176. The summed E-state index contributed by atoms with van der Waals surface area (Å²) in [5.41, 5.74) is 9.44. The van der Waals surface area contributed by atoms with Crippen molar-refractivity contribution < 1.29 is 0 Å². The van der Waals surface area contributed by atoms with Gasteiger partial charge in [0.15, 0.2) is 0 Å². The molecule has 2 heterocycles. The lowest BCUT2D eigenvalue weighted by atomic mass is 10.0. The van der Waals surface area contributed by atoms with Gasteiger partial charge in [0.2, 0.25) is 0 Å². The van der Waals surface area contributed by atoms with E-state index in [1.54, 1.807) is 0 Å². The van der Waals surface area contributed by atoms with E-state index in [0.29, 0.717) is 5.92 Å². The predicted molar refractivity (Wildman–Crippen MR) is 86.3 cm³/mol. The second-order valence-electron chi connectivity index (χ2n) is 5.33. The highest BCUT2D eigenvalue weighted by Crippen LogP contribution is 2.40. The van der Waals surface area contributed by atoms with Crippen LogP contribution in [-0.4, -0.2) is 10.3 Å². The van der Waals surface area contributed by atoms with Crippen molar-refractivity contribution in [1.29, 1.82) is 0 Å². The number of nitrogen functional groups attached to an aromatic ring is 1. The van der Waals surface area contributed by atoms with E-state index in [1.807, 2.05) is 23.9 Å². The number of hydrogen-bond acceptors (Lipinski definition) is 2. The summed E-state index contributed by atoms with van der Waals surface area (Å²) in [6, 6.07) is 17.1. The Hall–Kier alpha value is -1.87. The van der Waals surface area contributed by atoms with Gasteiger partial charge in [-0.05, 0) is 35.9 Å². The molecule has 0 saturated carbocycles. The molecule has 3 heteroatoms. The number of aromatic nitrogens is 1. The van der Waals surface area contributed by atoms with E-state index >= 15 is 0 Å². The molecular formula is C17H16N2S. The Bertz CT molecular complexity index is 776. The smallest absolute Gasteiger partial charge is 0.0481 e. The first kappa shape index (κ1) is 11.9. The number of nitrogens with two attached hydrogens (primary N) is 1. The fourth-order valence-electron chi connectivity index (χ4n) is 3.00. The summed E-state index contributed by atoms with van der Waals surface area (Å²) in [6.07, 6.45) is 2.18. The normalized spacial score (nSPS) is 17.5. The lowest BCUT2D eigenvalue weighted by Gasteiger charge is -2.13. The van der Waals surface area contributed by atoms with E-state index in [9.17, 15) is 0 Å². The lowest BCUT2D eigenvalue weighted by molar-refractivity contribution is 0.623. The van der Waals surface area contributed by atoms with Gasteiger partial charge >= 0.3 is 0 Å². The van der Waals surface area contributed by atoms with E-state index < -0.39 is 0 Å². The first-order chi connectivity index (χ1) is 9.81. The highest BCUT2D eigenvalue weighted by molar-refractivity contribution is 7.99. The monoisotopic (exact) mass is 280 g/mol. The summed E-state index contributed by atoms with van der Waals surface area (Å²) in [6.45, 7) is 1.04. The molecule has 0 aliphatic carbocycles. The summed E-state index contributed by atoms with van der Waals surface area (Å²) in [4.78, 5) is 1.44. The quantitative estimate of drug-likeness (QED) is 0.716. The molecule has 2 aromatic carbocycles. The van der Waals surface area contributed by atoms with Gasteiger partial charge in [-0.25, -0.2) is 0 Å². The molecule has 2 N–H and O–H groups in total. The Balaban J connectivity index is 1.69. The van der Waals surface area contributed by atoms with E-state index in [2.05, 4.69) is 47.2 Å². The molecule has 1 aliphatic heterocycles. The Morgan fingerprint density at radius 2 is 2.05 bits per heavy atom. The van der Waals surface area contributed by atoms with Gasteiger partial charge in [-0.15, -0.1) is 11.8 Å². The first-order valence-electron chi connectivity index (χ1n) is 6.87. The van der Waals surface area contributed by atoms with Crippen LogP contribution in [0, 0.1) is 0 Å². The maximum absolute atomic E-state index is 5.85. The Labute approximate surface area is 122 Å². The Kier molecular flexibility index (Phi) is 2.74. The van der Waals surface area contributed by atoms with Crippen molar-refractivity contribution in [2.75, 3.05) is 11.5 Å². The zero-order chi connectivity index (χ0) is 13.5. The van der Waals surface area contributed by atoms with E-state index in [0.717, 1.165) is 12.2 Å². The molecule has 1 atom stereocenters. The Morgan fingerprint density at radius 3 is 3.00 bits per heavy atom. The maximum atomic E-state index is 5.85. The van der Waals surface area contributed by atoms with Crippen molar-refractivity contribution in [1.82, 2.24) is 4.57 Å². The second kappa shape index (κ2) is 4.60. The molecule has 20 heavy (non-hydrogen) atoms. The van der Waals surface area contributed by atoms with Crippen molar-refractivity contribution >= 4 is 28.4 Å². The summed E-state index contributed by atoms with van der Waals surface area (Å²) < 4.78 is 2.35. The average Bonchev–Trinajstić information content (AvgIpc) is 3.04. The molecule has 100 valence electrons. The molecule has 1 aliphatic rings. The summed E-state index contributed by atoms with van der Waals surface area (Å²) >= 11 is 1.97. The standard InChI is InChI=1S/C17H16N2S/c18-14-5-6-16-12(9-14)7-8-19(16)10-13-11-20-17-4-2-1-3-15(13)17/h1-9,13H,10-11,18H2. The lowest BCUT2D eigenvalue weighted by Crippen LogP contribution is -2.07.